The van der Waals surface area contributed by atoms with E-state index < -0.39 is 5.60 Å². The molecule has 1 aromatic heterocycles. The van der Waals surface area contributed by atoms with Crippen molar-refractivity contribution in [1.82, 2.24) is 4.98 Å². The summed E-state index contributed by atoms with van der Waals surface area (Å²) in [4.78, 5) is 6.64. The lowest BCUT2D eigenvalue weighted by molar-refractivity contribution is 0.0263. The zero-order valence-electron chi connectivity index (χ0n) is 10.6. The first-order chi connectivity index (χ1) is 8.00. The highest BCUT2D eigenvalue weighted by Gasteiger charge is 2.33. The van der Waals surface area contributed by atoms with E-state index in [2.05, 4.69) is 9.88 Å². The van der Waals surface area contributed by atoms with Gasteiger partial charge in [-0.3, -0.25) is 0 Å². The maximum absolute atomic E-state index is 10.0. The Balaban J connectivity index is 2.05. The summed E-state index contributed by atoms with van der Waals surface area (Å²) in [6.45, 7) is 6.12. The van der Waals surface area contributed by atoms with Crippen molar-refractivity contribution in [2.45, 2.75) is 32.4 Å². The van der Waals surface area contributed by atoms with Crippen LogP contribution < -0.4 is 10.6 Å². The van der Waals surface area contributed by atoms with Gasteiger partial charge in [0, 0.05) is 31.7 Å². The number of aliphatic hydroxyl groups is 1. The number of rotatable bonds is 3. The summed E-state index contributed by atoms with van der Waals surface area (Å²) in [6.07, 6.45) is 2.84. The summed E-state index contributed by atoms with van der Waals surface area (Å²) < 4.78 is 0. The molecule has 3 N–H and O–H groups in total. The normalized spacial score (nSPS) is 20.9. The van der Waals surface area contributed by atoms with Gasteiger partial charge in [-0.2, -0.15) is 0 Å². The molecule has 1 aromatic rings. The number of hydrogen-bond acceptors (Lipinski definition) is 4. The second-order valence-corrected chi connectivity index (χ2v) is 5.31. The van der Waals surface area contributed by atoms with Gasteiger partial charge in [-0.05, 0) is 31.9 Å². The minimum atomic E-state index is -0.605. The predicted molar refractivity (Wildman–Crippen MR) is 68.7 cm³/mol. The molecule has 1 atom stereocenters. The summed E-state index contributed by atoms with van der Waals surface area (Å²) in [5.41, 5.74) is 5.99. The fraction of sp³-hybridized carbons (Fsp3) is 0.615. The minimum Gasteiger partial charge on any atom is -0.390 e. The molecule has 2 heterocycles. The van der Waals surface area contributed by atoms with Gasteiger partial charge in [-0.25, -0.2) is 4.98 Å². The Morgan fingerprint density at radius 1 is 1.53 bits per heavy atom. The van der Waals surface area contributed by atoms with Crippen molar-refractivity contribution < 1.29 is 5.11 Å². The molecule has 0 unspecified atom stereocenters. The SMILES string of the molecule is CC(C)(O)[C@H]1CCN(c2ccc(CN)cn2)C1. The van der Waals surface area contributed by atoms with Gasteiger partial charge in [0.1, 0.15) is 5.82 Å². The number of pyridine rings is 1. The summed E-state index contributed by atoms with van der Waals surface area (Å²) in [6, 6.07) is 4.02. The summed E-state index contributed by atoms with van der Waals surface area (Å²) >= 11 is 0. The van der Waals surface area contributed by atoms with E-state index in [4.69, 9.17) is 5.73 Å². The van der Waals surface area contributed by atoms with Gasteiger partial charge in [0.05, 0.1) is 5.60 Å². The molecule has 0 spiro atoms. The zero-order chi connectivity index (χ0) is 12.5. The Kier molecular flexibility index (Phi) is 3.35. The van der Waals surface area contributed by atoms with Gasteiger partial charge >= 0.3 is 0 Å². The molecule has 0 bridgehead atoms. The van der Waals surface area contributed by atoms with Crippen LogP contribution in [-0.2, 0) is 6.54 Å². The van der Waals surface area contributed by atoms with Crippen LogP contribution in [0.15, 0.2) is 18.3 Å². The largest absolute Gasteiger partial charge is 0.390 e. The topological polar surface area (TPSA) is 62.4 Å². The highest BCUT2D eigenvalue weighted by molar-refractivity contribution is 5.40. The Hall–Kier alpha value is -1.13. The third-order valence-corrected chi connectivity index (χ3v) is 3.56. The lowest BCUT2D eigenvalue weighted by atomic mass is 9.90. The summed E-state index contributed by atoms with van der Waals surface area (Å²) in [5, 5.41) is 10.0. The molecular weight excluding hydrogens is 214 g/mol. The highest BCUT2D eigenvalue weighted by atomic mass is 16.3. The van der Waals surface area contributed by atoms with Crippen molar-refractivity contribution in [3.05, 3.63) is 23.9 Å². The molecule has 2 rings (SSSR count). The van der Waals surface area contributed by atoms with Crippen LogP contribution in [0.25, 0.3) is 0 Å². The van der Waals surface area contributed by atoms with Crippen molar-refractivity contribution in [2.24, 2.45) is 11.7 Å². The molecular formula is C13H21N3O. The van der Waals surface area contributed by atoms with Crippen molar-refractivity contribution in [3.8, 4) is 0 Å². The highest BCUT2D eigenvalue weighted by Crippen LogP contribution is 2.29. The van der Waals surface area contributed by atoms with E-state index in [1.165, 1.54) is 0 Å². The van der Waals surface area contributed by atoms with Crippen LogP contribution in [0, 0.1) is 5.92 Å². The zero-order valence-corrected chi connectivity index (χ0v) is 10.6. The smallest absolute Gasteiger partial charge is 0.128 e. The molecule has 1 aliphatic heterocycles. The van der Waals surface area contributed by atoms with E-state index in [1.54, 1.807) is 0 Å². The van der Waals surface area contributed by atoms with Gasteiger partial charge in [-0.1, -0.05) is 6.07 Å². The molecule has 4 nitrogen and oxygen atoms in total. The lowest BCUT2D eigenvalue weighted by Crippen LogP contribution is -2.33. The third-order valence-electron chi connectivity index (χ3n) is 3.56. The second kappa shape index (κ2) is 4.63. The first kappa shape index (κ1) is 12.3. The van der Waals surface area contributed by atoms with Crippen LogP contribution in [0.4, 0.5) is 5.82 Å². The van der Waals surface area contributed by atoms with Gasteiger partial charge in [0.2, 0.25) is 0 Å². The molecule has 0 aromatic carbocycles. The lowest BCUT2D eigenvalue weighted by Gasteiger charge is -2.25. The van der Waals surface area contributed by atoms with Crippen LogP contribution in [0.3, 0.4) is 0 Å². The van der Waals surface area contributed by atoms with E-state index in [9.17, 15) is 5.11 Å². The molecule has 17 heavy (non-hydrogen) atoms. The standard InChI is InChI=1S/C13H21N3O/c1-13(2,17)11-5-6-16(9-11)12-4-3-10(7-14)8-15-12/h3-4,8,11,17H,5-7,9,14H2,1-2H3/t11-/m0/s1. The summed E-state index contributed by atoms with van der Waals surface area (Å²) in [7, 11) is 0. The van der Waals surface area contributed by atoms with Crippen LogP contribution in [0.1, 0.15) is 25.8 Å². The summed E-state index contributed by atoms with van der Waals surface area (Å²) in [5.74, 6) is 1.30. The number of aromatic nitrogens is 1. The Labute approximate surface area is 102 Å². The molecule has 0 amide bonds. The van der Waals surface area contributed by atoms with Crippen LogP contribution >= 0.6 is 0 Å². The number of hydrogen-bond donors (Lipinski definition) is 2. The fourth-order valence-electron chi connectivity index (χ4n) is 2.27. The molecule has 4 heteroatoms. The first-order valence-electron chi connectivity index (χ1n) is 6.13. The van der Waals surface area contributed by atoms with Crippen LogP contribution in [0.2, 0.25) is 0 Å². The third kappa shape index (κ3) is 2.76. The molecule has 0 aliphatic carbocycles. The number of nitrogens with two attached hydrogens (primary N) is 1. The van der Waals surface area contributed by atoms with E-state index in [-0.39, 0.29) is 0 Å². The van der Waals surface area contributed by atoms with Gasteiger partial charge in [0.25, 0.3) is 0 Å². The van der Waals surface area contributed by atoms with Crippen molar-refractivity contribution >= 4 is 5.82 Å². The van der Waals surface area contributed by atoms with E-state index in [1.807, 2.05) is 32.2 Å². The Bertz CT molecular complexity index is 369. The Morgan fingerprint density at radius 2 is 2.29 bits per heavy atom. The monoisotopic (exact) mass is 235 g/mol. The number of anilines is 1. The minimum absolute atomic E-state index is 0.318. The van der Waals surface area contributed by atoms with Crippen molar-refractivity contribution in [3.63, 3.8) is 0 Å². The average molecular weight is 235 g/mol. The maximum Gasteiger partial charge on any atom is 0.128 e. The molecule has 1 fully saturated rings. The van der Waals surface area contributed by atoms with E-state index in [0.29, 0.717) is 12.5 Å². The quantitative estimate of drug-likeness (QED) is 0.824. The van der Waals surface area contributed by atoms with Crippen molar-refractivity contribution in [2.75, 3.05) is 18.0 Å². The maximum atomic E-state index is 10.0. The Morgan fingerprint density at radius 3 is 2.76 bits per heavy atom. The van der Waals surface area contributed by atoms with Crippen molar-refractivity contribution in [1.29, 1.82) is 0 Å². The molecule has 1 saturated heterocycles. The first-order valence-corrected chi connectivity index (χ1v) is 6.13. The molecule has 0 radical (unpaired) electrons. The second-order valence-electron chi connectivity index (χ2n) is 5.31. The van der Waals surface area contributed by atoms with E-state index in [0.717, 1.165) is 30.9 Å². The molecule has 0 saturated carbocycles. The van der Waals surface area contributed by atoms with Crippen LogP contribution in [0.5, 0.6) is 0 Å². The van der Waals surface area contributed by atoms with Gasteiger partial charge < -0.3 is 15.7 Å². The fourth-order valence-corrected chi connectivity index (χ4v) is 2.27. The van der Waals surface area contributed by atoms with Gasteiger partial charge in [0.15, 0.2) is 0 Å². The predicted octanol–water partition coefficient (Wildman–Crippen LogP) is 1.14. The molecule has 1 aliphatic rings. The number of nitrogens with zero attached hydrogens (tertiary/aromatic N) is 2. The average Bonchev–Trinajstić information content (AvgIpc) is 2.78. The van der Waals surface area contributed by atoms with E-state index >= 15 is 0 Å². The molecule has 94 valence electrons. The van der Waals surface area contributed by atoms with Crippen LogP contribution in [-0.4, -0.2) is 28.8 Å². The van der Waals surface area contributed by atoms with Gasteiger partial charge in [-0.15, -0.1) is 0 Å².